The highest BCUT2D eigenvalue weighted by Crippen LogP contribution is 2.14. The number of nitrogens with zero attached hydrogens (tertiary/aromatic N) is 2. The minimum absolute atomic E-state index is 0.182. The summed E-state index contributed by atoms with van der Waals surface area (Å²) < 4.78 is 35.3. The van der Waals surface area contributed by atoms with Gasteiger partial charge in [-0.3, -0.25) is 4.72 Å². The number of nitrogens with one attached hydrogen (secondary N) is 1. The van der Waals surface area contributed by atoms with Gasteiger partial charge in [0.05, 0.1) is 4.90 Å². The van der Waals surface area contributed by atoms with Crippen molar-refractivity contribution in [2.45, 2.75) is 18.7 Å². The first-order chi connectivity index (χ1) is 10.9. The molecule has 0 bridgehead atoms. The Hall–Kier alpha value is -2.81. The van der Waals surface area contributed by atoms with Crippen molar-refractivity contribution >= 4 is 21.7 Å². The molecule has 0 fully saturated rings. The third-order valence-corrected chi connectivity index (χ3v) is 3.94. The molecule has 2 aromatic heterocycles. The van der Waals surface area contributed by atoms with Crippen LogP contribution < -0.4 is 10.5 Å². The lowest BCUT2D eigenvalue weighted by Crippen LogP contribution is -2.12. The van der Waals surface area contributed by atoms with E-state index in [0.29, 0.717) is 11.6 Å². The van der Waals surface area contributed by atoms with Crippen molar-refractivity contribution in [1.82, 2.24) is 10.3 Å². The van der Waals surface area contributed by atoms with Gasteiger partial charge in [-0.15, -0.1) is 0 Å². The number of nitrogens with two attached hydrogens (primary N) is 1. The summed E-state index contributed by atoms with van der Waals surface area (Å²) in [4.78, 5) is 0.190. The number of sulfonamides is 1. The van der Waals surface area contributed by atoms with Crippen molar-refractivity contribution < 1.29 is 17.5 Å². The maximum atomic E-state index is 11.8. The van der Waals surface area contributed by atoms with Crippen LogP contribution in [-0.2, 0) is 10.0 Å². The molecule has 8 nitrogen and oxygen atoms in total. The van der Waals surface area contributed by atoms with Gasteiger partial charge in [-0.25, -0.2) is 8.42 Å². The molecule has 0 saturated heterocycles. The molecule has 3 N–H and O–H groups in total. The lowest BCUT2D eigenvalue weighted by molar-refractivity contribution is 0.400. The van der Waals surface area contributed by atoms with E-state index in [1.807, 2.05) is 0 Å². The van der Waals surface area contributed by atoms with Gasteiger partial charge >= 0.3 is 0 Å². The minimum atomic E-state index is -3.57. The number of hydrogen-bond donors (Lipinski definition) is 2. The average Bonchev–Trinajstić information content (AvgIpc) is 3.08. The monoisotopic (exact) mass is 336 g/mol. The predicted octanol–water partition coefficient (Wildman–Crippen LogP) is 2.35. The normalized spacial score (nSPS) is 10.7. The number of benzene rings is 1. The van der Waals surface area contributed by atoms with Crippen LogP contribution in [0.5, 0.6) is 0 Å². The molecule has 9 heteroatoms. The summed E-state index contributed by atoms with van der Waals surface area (Å²) in [5, 5.41) is 6.98. The Morgan fingerprint density at radius 1 is 1.00 bits per heavy atom. The molecule has 0 spiro atoms. The maximum absolute atomic E-state index is 11.8. The minimum Gasteiger partial charge on any atom is -0.381 e. The van der Waals surface area contributed by atoms with Crippen LogP contribution in [0.2, 0.25) is 0 Å². The number of aromatic nitrogens is 2. The van der Waals surface area contributed by atoms with E-state index in [2.05, 4.69) is 19.6 Å². The molecule has 0 aliphatic rings. The Labute approximate surface area is 133 Å². The van der Waals surface area contributed by atoms with Gasteiger partial charge in [-0.2, -0.15) is 0 Å². The van der Waals surface area contributed by atoms with Crippen LogP contribution in [-0.4, -0.2) is 18.7 Å². The third-order valence-electron chi connectivity index (χ3n) is 2.57. The van der Waals surface area contributed by atoms with Gasteiger partial charge < -0.3 is 14.8 Å². The lowest BCUT2D eigenvalue weighted by Gasteiger charge is -2.03. The first-order valence-corrected chi connectivity index (χ1v) is 8.05. The number of hydrogen-bond acceptors (Lipinski definition) is 7. The van der Waals surface area contributed by atoms with Gasteiger partial charge in [-0.05, 0) is 26.0 Å². The summed E-state index contributed by atoms with van der Waals surface area (Å²) >= 11 is 0. The molecule has 2 heterocycles. The second-order valence-electron chi connectivity index (χ2n) is 4.60. The van der Waals surface area contributed by atoms with Crippen molar-refractivity contribution in [2.24, 2.45) is 0 Å². The molecule has 3 rings (SSSR count). The molecule has 122 valence electrons. The predicted molar refractivity (Wildman–Crippen MR) is 84.1 cm³/mol. The molecule has 0 aliphatic carbocycles. The number of aryl methyl sites for hydroxylation is 2. The van der Waals surface area contributed by atoms with E-state index >= 15 is 0 Å². The van der Waals surface area contributed by atoms with Crippen molar-refractivity contribution in [3.8, 4) is 0 Å². The molecule has 3 aromatic rings. The summed E-state index contributed by atoms with van der Waals surface area (Å²) in [5.74, 6) is 1.92. The van der Waals surface area contributed by atoms with Gasteiger partial charge in [0.1, 0.15) is 11.5 Å². The van der Waals surface area contributed by atoms with Gasteiger partial charge in [0.25, 0.3) is 10.0 Å². The molecular weight excluding hydrogens is 320 g/mol. The van der Waals surface area contributed by atoms with Crippen molar-refractivity contribution in [2.75, 3.05) is 10.5 Å². The first kappa shape index (κ1) is 16.6. The molecule has 23 heavy (non-hydrogen) atoms. The zero-order chi connectivity index (χ0) is 16.9. The Bertz CT molecular complexity index is 839. The Morgan fingerprint density at radius 2 is 1.61 bits per heavy atom. The fraction of sp³-hybridized carbons (Fsp3) is 0.143. The fourth-order valence-corrected chi connectivity index (χ4v) is 2.60. The maximum Gasteiger partial charge on any atom is 0.263 e. The molecule has 0 saturated carbocycles. The second kappa shape index (κ2) is 6.97. The Morgan fingerprint density at radius 3 is 2.04 bits per heavy atom. The first-order valence-electron chi connectivity index (χ1n) is 6.57. The standard InChI is InChI=1S/C10H10N2O3S.C4H6N2O/c1-8-7-10(11-15-8)12-16(13,14)9-5-3-2-4-6-9;1-3-2-4(5)6-7-3/h2-7H,1H3,(H,11,12);2H,1H3,(H2,5,6). The van der Waals surface area contributed by atoms with Crippen LogP contribution in [0.4, 0.5) is 11.6 Å². The van der Waals surface area contributed by atoms with E-state index in [0.717, 1.165) is 5.76 Å². The van der Waals surface area contributed by atoms with Crippen LogP contribution in [0.3, 0.4) is 0 Å². The average molecular weight is 336 g/mol. The number of anilines is 2. The van der Waals surface area contributed by atoms with Crippen molar-refractivity contribution in [1.29, 1.82) is 0 Å². The largest absolute Gasteiger partial charge is 0.381 e. The molecule has 0 radical (unpaired) electrons. The van der Waals surface area contributed by atoms with Gasteiger partial charge in [-0.1, -0.05) is 28.5 Å². The van der Waals surface area contributed by atoms with Gasteiger partial charge in [0.2, 0.25) is 0 Å². The topological polar surface area (TPSA) is 124 Å². The van der Waals surface area contributed by atoms with E-state index in [9.17, 15) is 8.42 Å². The molecule has 0 unspecified atom stereocenters. The van der Waals surface area contributed by atoms with Crippen molar-refractivity contribution in [3.05, 3.63) is 54.0 Å². The number of nitrogen functional groups attached to an aromatic ring is 1. The highest BCUT2D eigenvalue weighted by Gasteiger charge is 2.15. The lowest BCUT2D eigenvalue weighted by atomic mass is 10.4. The molecular formula is C14H16N4O4S. The van der Waals surface area contributed by atoms with Crippen LogP contribution >= 0.6 is 0 Å². The van der Waals surface area contributed by atoms with Gasteiger partial charge in [0, 0.05) is 12.1 Å². The molecule has 1 aromatic carbocycles. The summed E-state index contributed by atoms with van der Waals surface area (Å²) in [7, 11) is -3.57. The van der Waals surface area contributed by atoms with Crippen LogP contribution in [0.15, 0.2) is 56.4 Å². The molecule has 0 aliphatic heterocycles. The smallest absolute Gasteiger partial charge is 0.263 e. The fourth-order valence-electron chi connectivity index (χ4n) is 1.60. The zero-order valence-corrected chi connectivity index (χ0v) is 13.4. The zero-order valence-electron chi connectivity index (χ0n) is 12.6. The Balaban J connectivity index is 0.000000229. The van der Waals surface area contributed by atoms with Crippen LogP contribution in [0, 0.1) is 13.8 Å². The summed E-state index contributed by atoms with van der Waals surface area (Å²) in [6.45, 7) is 3.48. The van der Waals surface area contributed by atoms with E-state index < -0.39 is 10.0 Å². The van der Waals surface area contributed by atoms with E-state index in [1.165, 1.54) is 18.2 Å². The molecule has 0 atom stereocenters. The van der Waals surface area contributed by atoms with Gasteiger partial charge in [0.15, 0.2) is 11.6 Å². The third kappa shape index (κ3) is 4.85. The van der Waals surface area contributed by atoms with E-state index in [4.69, 9.17) is 10.3 Å². The highest BCUT2D eigenvalue weighted by molar-refractivity contribution is 7.92. The summed E-state index contributed by atoms with van der Waals surface area (Å²) in [6, 6.07) is 11.3. The van der Waals surface area contributed by atoms with E-state index in [-0.39, 0.29) is 10.7 Å². The van der Waals surface area contributed by atoms with Crippen LogP contribution in [0.1, 0.15) is 11.5 Å². The molecule has 0 amide bonds. The SMILES string of the molecule is Cc1cc(N)no1.Cc1cc(NS(=O)(=O)c2ccccc2)no1. The summed E-state index contributed by atoms with van der Waals surface area (Å²) in [6.07, 6.45) is 0. The van der Waals surface area contributed by atoms with Crippen LogP contribution in [0.25, 0.3) is 0 Å². The number of rotatable bonds is 3. The second-order valence-corrected chi connectivity index (χ2v) is 6.29. The summed E-state index contributed by atoms with van der Waals surface area (Å²) in [5.41, 5.74) is 5.17. The quantitative estimate of drug-likeness (QED) is 0.752. The van der Waals surface area contributed by atoms with Crippen molar-refractivity contribution in [3.63, 3.8) is 0 Å². The highest BCUT2D eigenvalue weighted by atomic mass is 32.2. The Kier molecular flexibility index (Phi) is 5.02. The van der Waals surface area contributed by atoms with E-state index in [1.54, 1.807) is 38.1 Å².